The molecule has 0 fully saturated rings. The van der Waals surface area contributed by atoms with E-state index in [0.717, 1.165) is 34.0 Å². The number of nitrogens with zero attached hydrogens (tertiary/aromatic N) is 2. The summed E-state index contributed by atoms with van der Waals surface area (Å²) in [7, 11) is 0. The van der Waals surface area contributed by atoms with Crippen molar-refractivity contribution in [2.24, 2.45) is 0 Å². The van der Waals surface area contributed by atoms with E-state index in [1.807, 2.05) is 12.1 Å². The van der Waals surface area contributed by atoms with Crippen LogP contribution in [0.15, 0.2) is 53.0 Å². The largest absolute Gasteiger partial charge is 0.337 e. The number of fused-ring (bicyclic) bond motifs is 6. The van der Waals surface area contributed by atoms with Crippen LogP contribution in [0.3, 0.4) is 0 Å². The molecule has 2 aromatic heterocycles. The molecule has 0 atom stereocenters. The minimum atomic E-state index is 0. The molecule has 0 aliphatic heterocycles. The maximum atomic E-state index is 4.89. The molecule has 0 saturated carbocycles. The standard InChI is InChI=1S/C21H18BrN2.Ir/c1-4-13(2)12-19-14(3)23-21-16-9-7-10-17(22)20(16)15-8-5-6-11-18(15)24(19)21;/h5-8,10-11H,2,4,12H2,1,3H3;/q-1;. The van der Waals surface area contributed by atoms with Crippen molar-refractivity contribution in [1.82, 2.24) is 9.38 Å². The summed E-state index contributed by atoms with van der Waals surface area (Å²) in [6.07, 6.45) is 1.84. The molecule has 0 unspecified atom stereocenters. The molecule has 4 heteroatoms. The van der Waals surface area contributed by atoms with Crippen molar-refractivity contribution in [2.75, 3.05) is 0 Å². The SMILES string of the molecule is C=C(CC)Cc1c(C)nc2c3[c-]ccc(Br)c3c3ccccc3n12.[Ir]. The van der Waals surface area contributed by atoms with Crippen molar-refractivity contribution in [1.29, 1.82) is 0 Å². The van der Waals surface area contributed by atoms with Gasteiger partial charge in [-0.25, -0.2) is 0 Å². The van der Waals surface area contributed by atoms with Gasteiger partial charge in [-0.2, -0.15) is 0 Å². The van der Waals surface area contributed by atoms with E-state index in [0.29, 0.717) is 0 Å². The molecule has 0 bridgehead atoms. The predicted octanol–water partition coefficient (Wildman–Crippen LogP) is 6.02. The second-order valence-electron chi connectivity index (χ2n) is 6.18. The molecule has 0 amide bonds. The van der Waals surface area contributed by atoms with E-state index in [2.05, 4.69) is 71.1 Å². The van der Waals surface area contributed by atoms with Gasteiger partial charge in [0.15, 0.2) is 0 Å². The van der Waals surface area contributed by atoms with E-state index >= 15 is 0 Å². The summed E-state index contributed by atoms with van der Waals surface area (Å²) in [5, 5.41) is 3.44. The molecule has 4 aromatic rings. The molecule has 4 rings (SSSR count). The summed E-state index contributed by atoms with van der Waals surface area (Å²) >= 11 is 3.71. The number of allylic oxidation sites excluding steroid dienone is 1. The summed E-state index contributed by atoms with van der Waals surface area (Å²) in [6, 6.07) is 15.9. The molecule has 0 N–H and O–H groups in total. The van der Waals surface area contributed by atoms with Gasteiger partial charge in [-0.05, 0) is 24.8 Å². The molecule has 25 heavy (non-hydrogen) atoms. The van der Waals surface area contributed by atoms with Crippen LogP contribution in [0.2, 0.25) is 0 Å². The fourth-order valence-electron chi connectivity index (χ4n) is 3.35. The van der Waals surface area contributed by atoms with E-state index in [9.17, 15) is 0 Å². The van der Waals surface area contributed by atoms with Crippen LogP contribution in [0.4, 0.5) is 0 Å². The zero-order valence-corrected chi connectivity index (χ0v) is 18.2. The van der Waals surface area contributed by atoms with Gasteiger partial charge in [-0.1, -0.05) is 68.4 Å². The molecule has 2 aromatic carbocycles. The van der Waals surface area contributed by atoms with Crippen molar-refractivity contribution < 1.29 is 20.1 Å². The number of aryl methyl sites for hydroxylation is 1. The fourth-order valence-corrected chi connectivity index (χ4v) is 3.90. The normalized spacial score (nSPS) is 11.2. The first-order chi connectivity index (χ1) is 11.6. The van der Waals surface area contributed by atoms with Gasteiger partial charge < -0.3 is 4.40 Å². The van der Waals surface area contributed by atoms with Gasteiger partial charge in [0, 0.05) is 43.4 Å². The number of aromatic nitrogens is 2. The minimum absolute atomic E-state index is 0. The second-order valence-corrected chi connectivity index (χ2v) is 7.03. The molecule has 0 aliphatic carbocycles. The third-order valence-corrected chi connectivity index (χ3v) is 5.34. The summed E-state index contributed by atoms with van der Waals surface area (Å²) < 4.78 is 3.37. The maximum Gasteiger partial charge on any atom is 0.0614 e. The Labute approximate surface area is 169 Å². The van der Waals surface area contributed by atoms with Gasteiger partial charge in [-0.3, -0.25) is 4.98 Å². The molecular weight excluding hydrogens is 552 g/mol. The van der Waals surface area contributed by atoms with Crippen molar-refractivity contribution in [2.45, 2.75) is 26.7 Å². The molecule has 0 spiro atoms. The summed E-state index contributed by atoms with van der Waals surface area (Å²) in [5.41, 5.74) is 5.67. The summed E-state index contributed by atoms with van der Waals surface area (Å²) in [6.45, 7) is 8.44. The number of pyridine rings is 1. The zero-order valence-electron chi connectivity index (χ0n) is 14.2. The van der Waals surface area contributed by atoms with Gasteiger partial charge >= 0.3 is 0 Å². The van der Waals surface area contributed by atoms with Gasteiger partial charge in [-0.15, -0.1) is 18.2 Å². The quantitative estimate of drug-likeness (QED) is 0.167. The Morgan fingerprint density at radius 3 is 2.80 bits per heavy atom. The Morgan fingerprint density at radius 2 is 2.04 bits per heavy atom. The van der Waals surface area contributed by atoms with E-state index < -0.39 is 0 Å². The molecule has 0 aliphatic rings. The monoisotopic (exact) mass is 570 g/mol. The van der Waals surface area contributed by atoms with Crippen molar-refractivity contribution >= 4 is 43.3 Å². The fraction of sp³-hybridized carbons (Fsp3) is 0.190. The van der Waals surface area contributed by atoms with Gasteiger partial charge in [0.05, 0.1) is 5.65 Å². The van der Waals surface area contributed by atoms with E-state index in [-0.39, 0.29) is 20.1 Å². The van der Waals surface area contributed by atoms with Crippen LogP contribution in [0.5, 0.6) is 0 Å². The zero-order chi connectivity index (χ0) is 16.8. The molecule has 0 saturated heterocycles. The van der Waals surface area contributed by atoms with Crippen LogP contribution in [-0.2, 0) is 26.5 Å². The molecule has 2 nitrogen and oxygen atoms in total. The Bertz CT molecular complexity index is 1110. The maximum absolute atomic E-state index is 4.89. The van der Waals surface area contributed by atoms with Crippen LogP contribution < -0.4 is 0 Å². The second kappa shape index (κ2) is 7.03. The van der Waals surface area contributed by atoms with Crippen LogP contribution >= 0.6 is 15.9 Å². The van der Waals surface area contributed by atoms with E-state index in [4.69, 9.17) is 4.98 Å². The number of halogens is 1. The van der Waals surface area contributed by atoms with Crippen molar-refractivity contribution in [3.05, 3.63) is 70.5 Å². The number of benzene rings is 2. The van der Waals surface area contributed by atoms with Crippen LogP contribution in [0, 0.1) is 13.0 Å². The average molecular weight is 571 g/mol. The van der Waals surface area contributed by atoms with Crippen LogP contribution in [-0.4, -0.2) is 9.38 Å². The van der Waals surface area contributed by atoms with Gasteiger partial charge in [0.25, 0.3) is 0 Å². The molecule has 129 valence electrons. The number of para-hydroxylation sites is 1. The smallest absolute Gasteiger partial charge is 0.0614 e. The van der Waals surface area contributed by atoms with Gasteiger partial charge in [0.1, 0.15) is 0 Å². The van der Waals surface area contributed by atoms with Crippen LogP contribution in [0.1, 0.15) is 24.7 Å². The molecular formula is C21H18BrIrN2-. The Hall–Kier alpha value is -1.48. The van der Waals surface area contributed by atoms with E-state index in [1.54, 1.807) is 0 Å². The van der Waals surface area contributed by atoms with Crippen molar-refractivity contribution in [3.63, 3.8) is 0 Å². The third-order valence-electron chi connectivity index (χ3n) is 4.67. The van der Waals surface area contributed by atoms with Crippen molar-refractivity contribution in [3.8, 4) is 0 Å². The first-order valence-electron chi connectivity index (χ1n) is 8.17. The van der Waals surface area contributed by atoms with Gasteiger partial charge in [0.2, 0.25) is 0 Å². The van der Waals surface area contributed by atoms with Crippen LogP contribution in [0.25, 0.3) is 27.3 Å². The predicted molar refractivity (Wildman–Crippen MR) is 105 cm³/mol. The van der Waals surface area contributed by atoms with E-state index in [1.165, 1.54) is 27.6 Å². The first-order valence-corrected chi connectivity index (χ1v) is 8.96. The Kier molecular flexibility index (Phi) is 5.15. The summed E-state index contributed by atoms with van der Waals surface area (Å²) in [4.78, 5) is 4.89. The molecule has 2 heterocycles. The Morgan fingerprint density at radius 1 is 1.28 bits per heavy atom. The number of imidazole rings is 1. The third kappa shape index (κ3) is 2.87. The number of rotatable bonds is 3. The average Bonchev–Trinajstić information content (AvgIpc) is 2.92. The number of hydrogen-bond acceptors (Lipinski definition) is 1. The Balaban J connectivity index is 0.00000182. The minimum Gasteiger partial charge on any atom is -0.337 e. The topological polar surface area (TPSA) is 17.3 Å². The first kappa shape index (κ1) is 18.3. The molecule has 1 radical (unpaired) electrons. The summed E-state index contributed by atoms with van der Waals surface area (Å²) in [5.74, 6) is 0. The number of hydrogen-bond donors (Lipinski definition) is 0.